The second-order valence-electron chi connectivity index (χ2n) is 9.83. The number of amides is 2. The fourth-order valence-electron chi connectivity index (χ4n) is 4.77. The zero-order valence-corrected chi connectivity index (χ0v) is 24.1. The molecule has 10 heteroatoms. The summed E-state index contributed by atoms with van der Waals surface area (Å²) < 4.78 is 0. The van der Waals surface area contributed by atoms with E-state index in [9.17, 15) is 9.59 Å². The van der Waals surface area contributed by atoms with Crippen LogP contribution in [0, 0.1) is 0 Å². The minimum absolute atomic E-state index is 0.00957. The van der Waals surface area contributed by atoms with E-state index in [2.05, 4.69) is 26.3 Å². The average molecular weight is 611 g/mol. The zero-order chi connectivity index (χ0) is 29.9. The molecule has 0 spiro atoms. The second-order valence-corrected chi connectivity index (χ2v) is 10.7. The van der Waals surface area contributed by atoms with Crippen LogP contribution in [-0.2, 0) is 16.2 Å². The lowest BCUT2D eigenvalue weighted by Gasteiger charge is -2.04. The Morgan fingerprint density at radius 3 is 1.81 bits per heavy atom. The molecule has 0 fully saturated rings. The first kappa shape index (κ1) is 28.1. The fraction of sp³-hybridized carbons (Fsp3) is 0.0303. The number of aromatic nitrogens is 1. The van der Waals surface area contributed by atoms with E-state index in [0.717, 1.165) is 50.3 Å². The maximum absolute atomic E-state index is 12.1. The van der Waals surface area contributed by atoms with E-state index in [-0.39, 0.29) is 18.4 Å². The Kier molecular flexibility index (Phi) is 7.89. The van der Waals surface area contributed by atoms with Crippen LogP contribution >= 0.6 is 23.2 Å². The Morgan fingerprint density at radius 2 is 1.23 bits per heavy atom. The first-order valence-electron chi connectivity index (χ1n) is 13.3. The Morgan fingerprint density at radius 1 is 0.674 bits per heavy atom. The highest BCUT2D eigenvalue weighted by Crippen LogP contribution is 2.35. The number of carbonyl (C=O) groups excluding carboxylic acids is 2. The summed E-state index contributed by atoms with van der Waals surface area (Å²) in [6.07, 6.45) is 5.27. The highest BCUT2D eigenvalue weighted by molar-refractivity contribution is 6.35. The molecule has 7 rings (SSSR count). The van der Waals surface area contributed by atoms with Crippen molar-refractivity contribution in [2.24, 2.45) is 0 Å². The van der Waals surface area contributed by atoms with Gasteiger partial charge in [-0.1, -0.05) is 35.3 Å². The number of hydrogen-bond acceptors (Lipinski definition) is 5. The van der Waals surface area contributed by atoms with Crippen LogP contribution in [0.3, 0.4) is 0 Å². The molecule has 2 aliphatic heterocycles. The van der Waals surface area contributed by atoms with Crippen molar-refractivity contribution < 1.29 is 14.7 Å². The van der Waals surface area contributed by atoms with Crippen LogP contribution in [0.2, 0.25) is 10.0 Å². The molecule has 0 bridgehead atoms. The third kappa shape index (κ3) is 6.12. The van der Waals surface area contributed by atoms with Crippen LogP contribution in [0.5, 0.6) is 0 Å². The normalized spacial score (nSPS) is 15.0. The Labute approximate surface area is 257 Å². The summed E-state index contributed by atoms with van der Waals surface area (Å²) in [6, 6.07) is 25.9. The summed E-state index contributed by atoms with van der Waals surface area (Å²) in [7, 11) is 0. The summed E-state index contributed by atoms with van der Waals surface area (Å²) in [4.78, 5) is 27.2. The predicted octanol–water partition coefficient (Wildman–Crippen LogP) is 7.46. The monoisotopic (exact) mass is 609 g/mol. The summed E-state index contributed by atoms with van der Waals surface area (Å²) in [5, 5.41) is 23.2. The summed E-state index contributed by atoms with van der Waals surface area (Å²) >= 11 is 12.0. The van der Waals surface area contributed by atoms with E-state index in [1.54, 1.807) is 42.7 Å². The Balaban J connectivity index is 0.000000153. The van der Waals surface area contributed by atoms with Crippen LogP contribution in [0.1, 0.15) is 16.7 Å². The lowest BCUT2D eigenvalue weighted by Crippen LogP contribution is -2.05. The second kappa shape index (κ2) is 12.1. The van der Waals surface area contributed by atoms with Crippen LogP contribution in [0.15, 0.2) is 104 Å². The van der Waals surface area contributed by atoms with Crippen molar-refractivity contribution in [2.45, 2.75) is 6.61 Å². The van der Waals surface area contributed by atoms with Crippen LogP contribution < -0.4 is 21.3 Å². The van der Waals surface area contributed by atoms with Crippen LogP contribution in [0.4, 0.5) is 22.7 Å². The molecule has 8 nitrogen and oxygen atoms in total. The third-order valence-electron chi connectivity index (χ3n) is 6.99. The SMILES string of the molecule is O=C1Nc2ccc(Cl)cc2C1=CNc1ccc(CO)cc1.O=C1Nc2ccc(Cl)cc2C1=CNc1ccc2[nH]ccc2c1. The van der Waals surface area contributed by atoms with Gasteiger partial charge in [-0.3, -0.25) is 9.59 Å². The van der Waals surface area contributed by atoms with Gasteiger partial charge in [0.2, 0.25) is 0 Å². The van der Waals surface area contributed by atoms with Crippen LogP contribution in [0.25, 0.3) is 22.0 Å². The van der Waals surface area contributed by atoms with Gasteiger partial charge >= 0.3 is 0 Å². The number of nitrogens with one attached hydrogen (secondary N) is 5. The van der Waals surface area contributed by atoms with Gasteiger partial charge in [-0.05, 0) is 78.4 Å². The van der Waals surface area contributed by atoms with Crippen molar-refractivity contribution in [3.05, 3.63) is 130 Å². The van der Waals surface area contributed by atoms with Crippen molar-refractivity contribution >= 4 is 79.8 Å². The lowest BCUT2D eigenvalue weighted by atomic mass is 10.1. The first-order chi connectivity index (χ1) is 20.9. The number of benzene rings is 4. The molecule has 1 aromatic heterocycles. The van der Waals surface area contributed by atoms with E-state index >= 15 is 0 Å². The van der Waals surface area contributed by atoms with Gasteiger partial charge in [0.05, 0.1) is 17.8 Å². The lowest BCUT2D eigenvalue weighted by molar-refractivity contribution is -0.111. The van der Waals surface area contributed by atoms with Crippen molar-refractivity contribution in [3.8, 4) is 0 Å². The van der Waals surface area contributed by atoms with Crippen molar-refractivity contribution in [1.82, 2.24) is 4.98 Å². The molecule has 0 atom stereocenters. The number of aromatic amines is 1. The van der Waals surface area contributed by atoms with Gasteiger partial charge in [0.15, 0.2) is 0 Å². The summed E-state index contributed by atoms with van der Waals surface area (Å²) in [6.45, 7) is 0.00957. The topological polar surface area (TPSA) is 118 Å². The number of hydrogen-bond donors (Lipinski definition) is 6. The molecule has 0 unspecified atom stereocenters. The molecule has 43 heavy (non-hydrogen) atoms. The van der Waals surface area contributed by atoms with Crippen molar-refractivity contribution in [1.29, 1.82) is 0 Å². The number of aliphatic hydroxyl groups excluding tert-OH is 1. The third-order valence-corrected chi connectivity index (χ3v) is 7.46. The van der Waals surface area contributed by atoms with Gasteiger partial charge in [-0.2, -0.15) is 0 Å². The quantitative estimate of drug-likeness (QED) is 0.116. The fourth-order valence-corrected chi connectivity index (χ4v) is 5.11. The number of fused-ring (bicyclic) bond motifs is 3. The highest BCUT2D eigenvalue weighted by atomic mass is 35.5. The van der Waals surface area contributed by atoms with E-state index in [1.165, 1.54) is 0 Å². The molecular weight excluding hydrogens is 585 g/mol. The molecule has 6 N–H and O–H groups in total. The van der Waals surface area contributed by atoms with Gasteiger partial charge in [-0.15, -0.1) is 0 Å². The van der Waals surface area contributed by atoms with Crippen molar-refractivity contribution in [2.75, 3.05) is 21.3 Å². The molecule has 214 valence electrons. The Hall–Kier alpha value is -5.02. The van der Waals surface area contributed by atoms with Crippen LogP contribution in [-0.4, -0.2) is 21.9 Å². The molecule has 4 aromatic carbocycles. The van der Waals surface area contributed by atoms with E-state index in [1.807, 2.05) is 60.8 Å². The maximum atomic E-state index is 12.1. The summed E-state index contributed by atoms with van der Waals surface area (Å²) in [5.41, 5.74) is 7.92. The molecule has 5 aromatic rings. The van der Waals surface area contributed by atoms with E-state index in [0.29, 0.717) is 21.2 Å². The van der Waals surface area contributed by atoms with E-state index in [4.69, 9.17) is 28.3 Å². The zero-order valence-electron chi connectivity index (χ0n) is 22.5. The Bertz CT molecular complexity index is 1930. The van der Waals surface area contributed by atoms with Gasteiger partial charge in [0.25, 0.3) is 11.8 Å². The molecule has 0 saturated carbocycles. The number of rotatable bonds is 5. The molecule has 2 aliphatic rings. The summed E-state index contributed by atoms with van der Waals surface area (Å²) in [5.74, 6) is -0.292. The highest BCUT2D eigenvalue weighted by Gasteiger charge is 2.25. The number of carbonyl (C=O) groups is 2. The molecule has 0 radical (unpaired) electrons. The van der Waals surface area contributed by atoms with Gasteiger partial charge in [-0.25, -0.2) is 0 Å². The number of halogens is 2. The largest absolute Gasteiger partial charge is 0.392 e. The number of H-pyrrole nitrogens is 1. The molecule has 0 saturated heterocycles. The predicted molar refractivity (Wildman–Crippen MR) is 174 cm³/mol. The first-order valence-corrected chi connectivity index (χ1v) is 14.1. The minimum atomic E-state index is -0.160. The van der Waals surface area contributed by atoms with Crippen molar-refractivity contribution in [3.63, 3.8) is 0 Å². The van der Waals surface area contributed by atoms with E-state index < -0.39 is 0 Å². The molecular formula is C33H25Cl2N5O3. The molecule has 3 heterocycles. The standard InChI is InChI=1S/C17H12ClN3O.C16H13ClN2O2/c18-11-1-3-16-13(8-11)14(17(22)21-16)9-20-12-2-4-15-10(7-12)5-6-19-15;17-11-3-6-15-13(7-11)14(16(21)19-15)8-18-12-4-1-10(9-20)2-5-12/h1-9,19-20H,(H,21,22);1-8,18,20H,9H2,(H,19,21). The molecule has 2 amide bonds. The average Bonchev–Trinajstić information content (AvgIpc) is 3.69. The van der Waals surface area contributed by atoms with Gasteiger partial charge < -0.3 is 31.4 Å². The minimum Gasteiger partial charge on any atom is -0.392 e. The smallest absolute Gasteiger partial charge is 0.257 e. The van der Waals surface area contributed by atoms with Gasteiger partial charge in [0.1, 0.15) is 0 Å². The van der Waals surface area contributed by atoms with Gasteiger partial charge in [0, 0.05) is 73.4 Å². The number of aliphatic hydroxyl groups is 1. The number of anilines is 4. The maximum Gasteiger partial charge on any atom is 0.257 e. The molecule has 0 aliphatic carbocycles.